The number of anilines is 1. The molecule has 1 aliphatic heterocycles. The van der Waals surface area contributed by atoms with Crippen molar-refractivity contribution in [2.75, 3.05) is 30.7 Å². The van der Waals surface area contributed by atoms with Crippen molar-refractivity contribution in [3.63, 3.8) is 0 Å². The Morgan fingerprint density at radius 3 is 2.67 bits per heavy atom. The van der Waals surface area contributed by atoms with E-state index < -0.39 is 12.1 Å². The van der Waals surface area contributed by atoms with E-state index in [4.69, 9.17) is 4.42 Å². The van der Waals surface area contributed by atoms with E-state index in [1.54, 1.807) is 11.8 Å². The van der Waals surface area contributed by atoms with Crippen LogP contribution in [0.3, 0.4) is 0 Å². The lowest BCUT2D eigenvalue weighted by molar-refractivity contribution is -0.157. The molecular weight excluding hydrogens is 405 g/mol. The summed E-state index contributed by atoms with van der Waals surface area (Å²) in [5, 5.41) is 17.6. The lowest BCUT2D eigenvalue weighted by Crippen LogP contribution is -2.38. The van der Waals surface area contributed by atoms with Gasteiger partial charge in [0.1, 0.15) is 0 Å². The lowest BCUT2D eigenvalue weighted by Gasteiger charge is -2.29. The number of nitrogens with zero attached hydrogens (tertiary/aromatic N) is 5. The van der Waals surface area contributed by atoms with Gasteiger partial charge in [-0.15, -0.1) is 20.4 Å². The summed E-state index contributed by atoms with van der Waals surface area (Å²) in [6, 6.07) is 0. The number of piperidine rings is 1. The maximum absolute atomic E-state index is 12.5. The number of carbonyl (C=O) groups is 1. The van der Waals surface area contributed by atoms with E-state index in [0.717, 1.165) is 10.1 Å². The van der Waals surface area contributed by atoms with Crippen LogP contribution in [0.4, 0.5) is 18.3 Å². The molecule has 0 bridgehead atoms. The third-order valence-electron chi connectivity index (χ3n) is 3.91. The van der Waals surface area contributed by atoms with E-state index >= 15 is 0 Å². The summed E-state index contributed by atoms with van der Waals surface area (Å²) in [4.78, 5) is 14.1. The van der Waals surface area contributed by atoms with Gasteiger partial charge in [-0.1, -0.05) is 30.0 Å². The minimum absolute atomic E-state index is 0.00115. The van der Waals surface area contributed by atoms with Gasteiger partial charge in [-0.2, -0.15) is 13.2 Å². The first-order valence-electron chi connectivity index (χ1n) is 8.24. The first-order chi connectivity index (χ1) is 12.8. The second-order valence-corrected chi connectivity index (χ2v) is 8.34. The van der Waals surface area contributed by atoms with E-state index in [2.05, 4.69) is 25.7 Å². The van der Waals surface area contributed by atoms with Crippen molar-refractivity contribution in [2.45, 2.75) is 36.2 Å². The van der Waals surface area contributed by atoms with E-state index in [0.29, 0.717) is 31.1 Å². The predicted molar refractivity (Wildman–Crippen MR) is 92.7 cm³/mol. The van der Waals surface area contributed by atoms with Crippen molar-refractivity contribution < 1.29 is 22.4 Å². The second kappa shape index (κ2) is 8.52. The summed E-state index contributed by atoms with van der Waals surface area (Å²) in [7, 11) is 0. The molecule has 0 atom stereocenters. The van der Waals surface area contributed by atoms with E-state index in [1.807, 2.05) is 11.8 Å². The quantitative estimate of drug-likeness (QED) is 0.561. The maximum Gasteiger partial charge on any atom is 0.470 e. The number of amides is 1. The number of likely N-dealkylation sites (tertiary alicyclic amines) is 1. The SMILES string of the molecule is CCSc1nnc(NC(=O)CN2CCC(c3nnc(C(F)(F)F)o3)CC2)s1. The topological polar surface area (TPSA) is 97.0 Å². The fraction of sp³-hybridized carbons (Fsp3) is 0.643. The molecule has 0 radical (unpaired) electrons. The Balaban J connectivity index is 1.46. The number of thioether (sulfide) groups is 1. The van der Waals surface area contributed by atoms with E-state index in [-0.39, 0.29) is 24.3 Å². The molecule has 2 aromatic rings. The predicted octanol–water partition coefficient (Wildman–Crippen LogP) is 2.87. The Morgan fingerprint density at radius 2 is 2.04 bits per heavy atom. The zero-order valence-corrected chi connectivity index (χ0v) is 16.0. The van der Waals surface area contributed by atoms with Crippen LogP contribution in [-0.4, -0.2) is 56.6 Å². The fourth-order valence-corrected chi connectivity index (χ4v) is 4.32. The van der Waals surface area contributed by atoms with Crippen LogP contribution in [0.2, 0.25) is 0 Å². The Bertz CT molecular complexity index is 773. The highest BCUT2D eigenvalue weighted by Crippen LogP contribution is 2.32. The van der Waals surface area contributed by atoms with Crippen molar-refractivity contribution in [1.29, 1.82) is 0 Å². The number of hydrogen-bond acceptors (Lipinski definition) is 9. The smallest absolute Gasteiger partial charge is 0.417 e. The van der Waals surface area contributed by atoms with Gasteiger partial charge in [0.25, 0.3) is 0 Å². The van der Waals surface area contributed by atoms with Gasteiger partial charge in [0, 0.05) is 5.92 Å². The molecule has 0 aliphatic carbocycles. The number of hydrogen-bond donors (Lipinski definition) is 1. The first-order valence-corrected chi connectivity index (χ1v) is 10.0. The van der Waals surface area contributed by atoms with Crippen molar-refractivity contribution in [1.82, 2.24) is 25.3 Å². The molecule has 3 heterocycles. The first kappa shape index (κ1) is 20.0. The molecule has 2 aromatic heterocycles. The van der Waals surface area contributed by atoms with Crippen LogP contribution >= 0.6 is 23.1 Å². The molecule has 1 N–H and O–H groups in total. The highest BCUT2D eigenvalue weighted by molar-refractivity contribution is 8.01. The van der Waals surface area contributed by atoms with Crippen molar-refractivity contribution in [2.24, 2.45) is 0 Å². The molecular formula is C14H17F3N6O2S2. The van der Waals surface area contributed by atoms with Crippen LogP contribution < -0.4 is 5.32 Å². The van der Waals surface area contributed by atoms with Gasteiger partial charge in [0.05, 0.1) is 6.54 Å². The number of alkyl halides is 3. The number of halogens is 3. The lowest BCUT2D eigenvalue weighted by atomic mass is 9.97. The largest absolute Gasteiger partial charge is 0.470 e. The summed E-state index contributed by atoms with van der Waals surface area (Å²) in [5.74, 6) is -0.875. The average Bonchev–Trinajstić information content (AvgIpc) is 3.25. The van der Waals surface area contributed by atoms with Gasteiger partial charge in [0.15, 0.2) is 4.34 Å². The molecule has 3 rings (SSSR count). The Morgan fingerprint density at radius 1 is 1.30 bits per heavy atom. The van der Waals surface area contributed by atoms with Crippen molar-refractivity contribution in [3.05, 3.63) is 11.8 Å². The second-order valence-electron chi connectivity index (χ2n) is 5.85. The molecule has 0 unspecified atom stereocenters. The molecule has 1 aliphatic rings. The van der Waals surface area contributed by atoms with Crippen LogP contribution in [0.1, 0.15) is 37.5 Å². The van der Waals surface area contributed by atoms with Crippen LogP contribution in [0, 0.1) is 0 Å². The maximum atomic E-state index is 12.5. The van der Waals surface area contributed by atoms with Gasteiger partial charge in [-0.3, -0.25) is 15.0 Å². The molecule has 13 heteroatoms. The van der Waals surface area contributed by atoms with Gasteiger partial charge in [-0.25, -0.2) is 0 Å². The van der Waals surface area contributed by atoms with Gasteiger partial charge < -0.3 is 4.42 Å². The number of aromatic nitrogens is 4. The van der Waals surface area contributed by atoms with E-state index in [9.17, 15) is 18.0 Å². The normalized spacial score (nSPS) is 16.6. The molecule has 1 fully saturated rings. The Labute approximate surface area is 160 Å². The third kappa shape index (κ3) is 5.39. The van der Waals surface area contributed by atoms with Crippen LogP contribution in [0.5, 0.6) is 0 Å². The average molecular weight is 422 g/mol. The molecule has 27 heavy (non-hydrogen) atoms. The van der Waals surface area contributed by atoms with Crippen molar-refractivity contribution >= 4 is 34.1 Å². The van der Waals surface area contributed by atoms with Gasteiger partial charge in [0.2, 0.25) is 16.9 Å². The molecule has 1 amide bonds. The van der Waals surface area contributed by atoms with Crippen LogP contribution in [0.25, 0.3) is 0 Å². The summed E-state index contributed by atoms with van der Waals surface area (Å²) in [5.41, 5.74) is 0. The molecule has 148 valence electrons. The highest BCUT2D eigenvalue weighted by atomic mass is 32.2. The summed E-state index contributed by atoms with van der Waals surface area (Å²) >= 11 is 2.87. The number of rotatable bonds is 6. The van der Waals surface area contributed by atoms with Crippen molar-refractivity contribution in [3.8, 4) is 0 Å². The highest BCUT2D eigenvalue weighted by Gasteiger charge is 2.39. The minimum Gasteiger partial charge on any atom is -0.417 e. The summed E-state index contributed by atoms with van der Waals surface area (Å²) in [6.45, 7) is 3.29. The standard InChI is InChI=1S/C14H17F3N6O2S2/c1-2-26-13-22-21-12(27-13)18-9(24)7-23-5-3-8(4-6-23)10-19-20-11(25-10)14(15,16)17/h8H,2-7H2,1H3,(H,18,21,24). The molecule has 1 saturated heterocycles. The van der Waals surface area contributed by atoms with Crippen LogP contribution in [0.15, 0.2) is 8.76 Å². The zero-order chi connectivity index (χ0) is 19.4. The van der Waals surface area contributed by atoms with Crippen LogP contribution in [-0.2, 0) is 11.0 Å². The third-order valence-corrected chi connectivity index (χ3v) is 5.76. The fourth-order valence-electron chi connectivity index (χ4n) is 2.66. The monoisotopic (exact) mass is 422 g/mol. The van der Waals surface area contributed by atoms with E-state index in [1.165, 1.54) is 11.3 Å². The Kier molecular flexibility index (Phi) is 6.32. The molecule has 8 nitrogen and oxygen atoms in total. The molecule has 0 saturated carbocycles. The molecule has 0 aromatic carbocycles. The summed E-state index contributed by atoms with van der Waals surface area (Å²) < 4.78 is 43.2. The number of nitrogens with one attached hydrogen (secondary N) is 1. The minimum atomic E-state index is -4.63. The van der Waals surface area contributed by atoms with Gasteiger partial charge in [-0.05, 0) is 31.7 Å². The number of carbonyl (C=O) groups excluding carboxylic acids is 1. The van der Waals surface area contributed by atoms with Gasteiger partial charge >= 0.3 is 12.1 Å². The summed E-state index contributed by atoms with van der Waals surface area (Å²) in [6.07, 6.45) is -3.55. The zero-order valence-electron chi connectivity index (χ0n) is 14.3. The molecule has 0 spiro atoms. The Hall–Kier alpha value is -1.73.